The van der Waals surface area contributed by atoms with E-state index in [0.29, 0.717) is 5.11 Å². The quantitative estimate of drug-likeness (QED) is 0.364. The number of nitrogens with one attached hydrogen (secondary N) is 4. The first-order valence-corrected chi connectivity index (χ1v) is 8.34. The highest BCUT2D eigenvalue weighted by Gasteiger charge is 2.05. The van der Waals surface area contributed by atoms with Crippen molar-refractivity contribution in [1.29, 1.82) is 0 Å². The predicted octanol–water partition coefficient (Wildman–Crippen LogP) is 1.18. The Morgan fingerprint density at radius 1 is 1.22 bits per heavy atom. The number of anilines is 1. The molecule has 0 saturated heterocycles. The number of hydrogen-bond acceptors (Lipinski definition) is 3. The molecule has 4 N–H and O–H groups in total. The zero-order valence-electron chi connectivity index (χ0n) is 14.3. The molecule has 124 valence electrons. The summed E-state index contributed by atoms with van der Waals surface area (Å²) >= 11 is 5.27. The Morgan fingerprint density at radius 2 is 2.00 bits per heavy atom. The maximum atomic E-state index is 5.27. The van der Waals surface area contributed by atoms with E-state index in [1.54, 1.807) is 0 Å². The summed E-state index contributed by atoms with van der Waals surface area (Å²) in [6, 6.07) is 8.25. The second kappa shape index (κ2) is 8.08. The maximum Gasteiger partial charge on any atom is 0.185 e. The SMILES string of the molecule is Cc1cc(NNC(=S)NCCC[NH+](C)C)nc2c(C)cccc12. The molecule has 0 aliphatic rings. The van der Waals surface area contributed by atoms with Crippen LogP contribution < -0.4 is 21.1 Å². The summed E-state index contributed by atoms with van der Waals surface area (Å²) in [5.74, 6) is 0.770. The molecule has 23 heavy (non-hydrogen) atoms. The largest absolute Gasteiger partial charge is 0.361 e. The normalized spacial score (nSPS) is 10.8. The Bertz CT molecular complexity index is 684. The summed E-state index contributed by atoms with van der Waals surface area (Å²) in [4.78, 5) is 6.10. The number of hydrogen-bond donors (Lipinski definition) is 4. The van der Waals surface area contributed by atoms with Crippen LogP contribution >= 0.6 is 12.2 Å². The van der Waals surface area contributed by atoms with E-state index < -0.39 is 0 Å². The Morgan fingerprint density at radius 3 is 2.74 bits per heavy atom. The summed E-state index contributed by atoms with van der Waals surface area (Å²) in [6.07, 6.45) is 1.08. The van der Waals surface area contributed by atoms with Crippen LogP contribution in [0.4, 0.5) is 5.82 Å². The second-order valence-corrected chi connectivity index (χ2v) is 6.52. The van der Waals surface area contributed by atoms with Gasteiger partial charge in [-0.05, 0) is 43.3 Å². The molecule has 1 aromatic carbocycles. The van der Waals surface area contributed by atoms with Crippen LogP contribution in [-0.2, 0) is 0 Å². The Kier molecular flexibility index (Phi) is 6.12. The first-order chi connectivity index (χ1) is 11.0. The topological polar surface area (TPSA) is 53.4 Å². The molecule has 6 heteroatoms. The first kappa shape index (κ1) is 17.4. The lowest BCUT2D eigenvalue weighted by Gasteiger charge is -2.14. The second-order valence-electron chi connectivity index (χ2n) is 6.11. The van der Waals surface area contributed by atoms with Gasteiger partial charge < -0.3 is 10.2 Å². The van der Waals surface area contributed by atoms with Crippen molar-refractivity contribution in [3.8, 4) is 0 Å². The molecule has 0 spiro atoms. The van der Waals surface area contributed by atoms with Gasteiger partial charge in [-0.1, -0.05) is 18.2 Å². The summed E-state index contributed by atoms with van der Waals surface area (Å²) in [7, 11) is 4.29. The minimum atomic E-state index is 0.586. The summed E-state index contributed by atoms with van der Waals surface area (Å²) < 4.78 is 0. The van der Waals surface area contributed by atoms with E-state index in [1.165, 1.54) is 21.4 Å². The summed E-state index contributed by atoms with van der Waals surface area (Å²) in [5, 5.41) is 4.96. The molecule has 2 rings (SSSR count). The van der Waals surface area contributed by atoms with Gasteiger partial charge in [-0.15, -0.1) is 0 Å². The van der Waals surface area contributed by atoms with Gasteiger partial charge in [-0.2, -0.15) is 0 Å². The number of quaternary nitrogens is 1. The monoisotopic (exact) mass is 332 g/mol. The van der Waals surface area contributed by atoms with E-state index in [4.69, 9.17) is 12.2 Å². The van der Waals surface area contributed by atoms with Crippen LogP contribution in [0.5, 0.6) is 0 Å². The van der Waals surface area contributed by atoms with Gasteiger partial charge in [0.05, 0.1) is 26.2 Å². The minimum absolute atomic E-state index is 0.586. The van der Waals surface area contributed by atoms with Gasteiger partial charge in [0.15, 0.2) is 5.11 Å². The van der Waals surface area contributed by atoms with Crippen molar-refractivity contribution in [2.75, 3.05) is 32.6 Å². The van der Waals surface area contributed by atoms with Gasteiger partial charge in [0.2, 0.25) is 0 Å². The highest BCUT2D eigenvalue weighted by Crippen LogP contribution is 2.22. The average molecular weight is 332 g/mol. The number of aryl methyl sites for hydroxylation is 2. The summed E-state index contributed by atoms with van der Waals surface area (Å²) in [6.45, 7) is 6.15. The molecule has 0 amide bonds. The molecule has 0 bridgehead atoms. The fourth-order valence-electron chi connectivity index (χ4n) is 2.43. The molecule has 0 saturated carbocycles. The molecule has 0 aliphatic carbocycles. The van der Waals surface area contributed by atoms with E-state index in [1.807, 2.05) is 6.07 Å². The van der Waals surface area contributed by atoms with E-state index in [2.05, 4.69) is 67.3 Å². The highest BCUT2D eigenvalue weighted by molar-refractivity contribution is 7.80. The van der Waals surface area contributed by atoms with Crippen LogP contribution in [-0.4, -0.2) is 37.3 Å². The van der Waals surface area contributed by atoms with Crippen LogP contribution in [0.25, 0.3) is 10.9 Å². The van der Waals surface area contributed by atoms with Crippen LogP contribution in [0.3, 0.4) is 0 Å². The third kappa shape index (κ3) is 5.04. The van der Waals surface area contributed by atoms with Gasteiger partial charge in [-0.25, -0.2) is 4.98 Å². The Balaban J connectivity index is 1.92. The molecule has 0 atom stereocenters. The number of para-hydroxylation sites is 1. The van der Waals surface area contributed by atoms with Crippen LogP contribution in [0.2, 0.25) is 0 Å². The number of benzene rings is 1. The van der Waals surface area contributed by atoms with Gasteiger partial charge in [0.1, 0.15) is 5.82 Å². The molecule has 2 aromatic rings. The van der Waals surface area contributed by atoms with Crippen LogP contribution in [0.15, 0.2) is 24.3 Å². The number of aromatic nitrogens is 1. The smallest absolute Gasteiger partial charge is 0.185 e. The molecule has 0 radical (unpaired) electrons. The lowest BCUT2D eigenvalue weighted by molar-refractivity contribution is -0.858. The van der Waals surface area contributed by atoms with Crippen molar-refractivity contribution in [1.82, 2.24) is 15.7 Å². The van der Waals surface area contributed by atoms with Crippen molar-refractivity contribution in [3.63, 3.8) is 0 Å². The predicted molar refractivity (Wildman–Crippen MR) is 101 cm³/mol. The molecule has 0 unspecified atom stereocenters. The average Bonchev–Trinajstić information content (AvgIpc) is 2.50. The van der Waals surface area contributed by atoms with Crippen molar-refractivity contribution in [2.45, 2.75) is 20.3 Å². The van der Waals surface area contributed by atoms with Crippen LogP contribution in [0, 0.1) is 13.8 Å². The third-order valence-corrected chi connectivity index (χ3v) is 3.94. The van der Waals surface area contributed by atoms with Crippen LogP contribution in [0.1, 0.15) is 17.5 Å². The third-order valence-electron chi connectivity index (χ3n) is 3.69. The van der Waals surface area contributed by atoms with Crippen molar-refractivity contribution in [2.24, 2.45) is 0 Å². The molecule has 1 aromatic heterocycles. The van der Waals surface area contributed by atoms with E-state index in [9.17, 15) is 0 Å². The van der Waals surface area contributed by atoms with Gasteiger partial charge in [0, 0.05) is 18.4 Å². The Labute approximate surface area is 143 Å². The lowest BCUT2D eigenvalue weighted by Crippen LogP contribution is -3.05. The number of rotatable bonds is 6. The maximum absolute atomic E-state index is 5.27. The molecule has 5 nitrogen and oxygen atoms in total. The zero-order valence-corrected chi connectivity index (χ0v) is 15.1. The molecule has 1 heterocycles. The molecule has 0 fully saturated rings. The number of nitrogens with zero attached hydrogens (tertiary/aromatic N) is 1. The number of fused-ring (bicyclic) bond motifs is 1. The number of thiocarbonyl (C=S) groups is 1. The molecular weight excluding hydrogens is 306 g/mol. The van der Waals surface area contributed by atoms with Crippen molar-refractivity contribution >= 4 is 34.1 Å². The fourth-order valence-corrected chi connectivity index (χ4v) is 2.59. The Hall–Kier alpha value is -1.92. The molecule has 0 aliphatic heterocycles. The van der Waals surface area contributed by atoms with E-state index >= 15 is 0 Å². The molecular formula is C17H26N5S+. The van der Waals surface area contributed by atoms with E-state index in [-0.39, 0.29) is 0 Å². The van der Waals surface area contributed by atoms with Crippen molar-refractivity contribution < 1.29 is 4.90 Å². The number of pyridine rings is 1. The minimum Gasteiger partial charge on any atom is -0.361 e. The summed E-state index contributed by atoms with van der Waals surface area (Å²) in [5.41, 5.74) is 9.46. The van der Waals surface area contributed by atoms with Crippen molar-refractivity contribution in [3.05, 3.63) is 35.4 Å². The first-order valence-electron chi connectivity index (χ1n) is 7.93. The van der Waals surface area contributed by atoms with Gasteiger partial charge in [-0.3, -0.25) is 10.9 Å². The lowest BCUT2D eigenvalue weighted by atomic mass is 10.1. The fraction of sp³-hybridized carbons (Fsp3) is 0.412. The zero-order chi connectivity index (χ0) is 16.8. The standard InChI is InChI=1S/C17H25N5S/c1-12-7-5-8-14-13(2)11-15(19-16(12)14)20-21-17(23)18-9-6-10-22(3)4/h5,7-8,11H,6,9-10H2,1-4H3,(H,19,20)(H2,18,21,23)/p+1. The van der Waals surface area contributed by atoms with Gasteiger partial charge >= 0.3 is 0 Å². The van der Waals surface area contributed by atoms with Gasteiger partial charge in [0.25, 0.3) is 0 Å². The highest BCUT2D eigenvalue weighted by atomic mass is 32.1. The van der Waals surface area contributed by atoms with E-state index in [0.717, 1.165) is 30.8 Å². The number of hydrazine groups is 1.